The molecule has 3 rings (SSSR count). The normalized spacial score (nSPS) is 15.7. The molecule has 1 aliphatic rings. The lowest BCUT2D eigenvalue weighted by Gasteiger charge is -2.23. The standard InChI is InChI=1S/C19H29N3O2S/c1-3-7-13(23)11-22(10-4-2)12-16-20-18(24)17-14-8-5-6-9-15(14)25-19(17)21-16/h13,23H,3-12H2,1-2H3,(H,20,21,24)/t13-/m1/s1. The van der Waals surface area contributed by atoms with Crippen molar-refractivity contribution in [3.63, 3.8) is 0 Å². The number of hydrogen-bond acceptors (Lipinski definition) is 5. The third-order valence-electron chi connectivity index (χ3n) is 4.88. The first-order valence-corrected chi connectivity index (χ1v) is 10.4. The highest BCUT2D eigenvalue weighted by Crippen LogP contribution is 2.33. The van der Waals surface area contributed by atoms with Crippen molar-refractivity contribution < 1.29 is 5.11 Å². The molecule has 0 bridgehead atoms. The van der Waals surface area contributed by atoms with Gasteiger partial charge in [0, 0.05) is 11.4 Å². The van der Waals surface area contributed by atoms with Gasteiger partial charge >= 0.3 is 0 Å². The summed E-state index contributed by atoms with van der Waals surface area (Å²) in [6.07, 6.45) is 6.94. The summed E-state index contributed by atoms with van der Waals surface area (Å²) in [4.78, 5) is 24.8. The van der Waals surface area contributed by atoms with E-state index >= 15 is 0 Å². The Morgan fingerprint density at radius 2 is 2.08 bits per heavy atom. The Balaban J connectivity index is 1.83. The first kappa shape index (κ1) is 18.5. The number of aryl methyl sites for hydroxylation is 2. The van der Waals surface area contributed by atoms with Gasteiger partial charge in [0.1, 0.15) is 10.7 Å². The van der Waals surface area contributed by atoms with E-state index in [-0.39, 0.29) is 11.7 Å². The molecule has 2 aromatic rings. The van der Waals surface area contributed by atoms with Crippen molar-refractivity contribution in [2.24, 2.45) is 0 Å². The molecule has 5 nitrogen and oxygen atoms in total. The summed E-state index contributed by atoms with van der Waals surface area (Å²) in [6.45, 7) is 6.32. The van der Waals surface area contributed by atoms with E-state index < -0.39 is 0 Å². The molecule has 2 aromatic heterocycles. The molecule has 0 spiro atoms. The molecule has 0 radical (unpaired) electrons. The van der Waals surface area contributed by atoms with Crippen LogP contribution in [0.4, 0.5) is 0 Å². The maximum absolute atomic E-state index is 12.6. The highest BCUT2D eigenvalue weighted by atomic mass is 32.1. The van der Waals surface area contributed by atoms with Gasteiger partial charge in [-0.3, -0.25) is 9.69 Å². The molecule has 138 valence electrons. The Morgan fingerprint density at radius 1 is 1.28 bits per heavy atom. The van der Waals surface area contributed by atoms with Gasteiger partial charge in [-0.15, -0.1) is 11.3 Å². The number of nitrogens with zero attached hydrogens (tertiary/aromatic N) is 2. The van der Waals surface area contributed by atoms with Crippen molar-refractivity contribution in [1.82, 2.24) is 14.9 Å². The van der Waals surface area contributed by atoms with E-state index in [1.165, 1.54) is 23.3 Å². The first-order chi connectivity index (χ1) is 12.1. The lowest BCUT2D eigenvalue weighted by atomic mass is 9.97. The average molecular weight is 364 g/mol. The number of hydrogen-bond donors (Lipinski definition) is 2. The van der Waals surface area contributed by atoms with Crippen LogP contribution in [0.2, 0.25) is 0 Å². The van der Waals surface area contributed by atoms with Gasteiger partial charge in [0.25, 0.3) is 5.56 Å². The number of aliphatic hydroxyl groups is 1. The van der Waals surface area contributed by atoms with E-state index in [4.69, 9.17) is 4.98 Å². The maximum Gasteiger partial charge on any atom is 0.259 e. The number of rotatable bonds is 8. The lowest BCUT2D eigenvalue weighted by molar-refractivity contribution is 0.0995. The number of thiophene rings is 1. The van der Waals surface area contributed by atoms with E-state index in [1.54, 1.807) is 11.3 Å². The monoisotopic (exact) mass is 363 g/mol. The molecule has 2 heterocycles. The fraction of sp³-hybridized carbons (Fsp3) is 0.684. The average Bonchev–Trinajstić information content (AvgIpc) is 2.93. The van der Waals surface area contributed by atoms with Crippen LogP contribution in [0.5, 0.6) is 0 Å². The SMILES string of the molecule is CCC[C@@H](O)CN(CCC)Cc1nc2sc3c(c2c(=O)[nH]1)CCCC3. The number of fused-ring (bicyclic) bond motifs is 3. The van der Waals surface area contributed by atoms with Crippen LogP contribution < -0.4 is 5.56 Å². The molecule has 0 unspecified atom stereocenters. The quantitative estimate of drug-likeness (QED) is 0.755. The number of aromatic amines is 1. The molecular formula is C19H29N3O2S. The molecule has 25 heavy (non-hydrogen) atoms. The Bertz CT molecular complexity index is 768. The van der Waals surface area contributed by atoms with Crippen molar-refractivity contribution >= 4 is 21.6 Å². The van der Waals surface area contributed by atoms with Gasteiger partial charge in [0.05, 0.1) is 18.0 Å². The molecule has 0 aliphatic heterocycles. The van der Waals surface area contributed by atoms with Crippen molar-refractivity contribution in [2.45, 2.75) is 71.4 Å². The number of nitrogens with one attached hydrogen (secondary N) is 1. The second-order valence-corrected chi connectivity index (χ2v) is 8.16. The topological polar surface area (TPSA) is 69.2 Å². The zero-order valence-corrected chi connectivity index (χ0v) is 16.1. The molecule has 0 aromatic carbocycles. The Kier molecular flexibility index (Phi) is 6.25. The fourth-order valence-electron chi connectivity index (χ4n) is 3.77. The summed E-state index contributed by atoms with van der Waals surface area (Å²) in [5, 5.41) is 10.9. The van der Waals surface area contributed by atoms with Gasteiger partial charge in [-0.25, -0.2) is 4.98 Å². The smallest absolute Gasteiger partial charge is 0.259 e. The molecule has 0 saturated carbocycles. The largest absolute Gasteiger partial charge is 0.392 e. The molecule has 2 N–H and O–H groups in total. The minimum absolute atomic E-state index is 0.00459. The number of aromatic nitrogens is 2. The van der Waals surface area contributed by atoms with E-state index in [1.807, 2.05) is 0 Å². The third-order valence-corrected chi connectivity index (χ3v) is 6.06. The lowest BCUT2D eigenvalue weighted by Crippen LogP contribution is -2.33. The van der Waals surface area contributed by atoms with Crippen LogP contribution >= 0.6 is 11.3 Å². The zero-order chi connectivity index (χ0) is 17.8. The minimum atomic E-state index is -0.318. The molecule has 0 fully saturated rings. The highest BCUT2D eigenvalue weighted by Gasteiger charge is 2.20. The summed E-state index contributed by atoms with van der Waals surface area (Å²) in [5.41, 5.74) is 1.24. The third kappa shape index (κ3) is 4.30. The molecule has 1 aliphatic carbocycles. The van der Waals surface area contributed by atoms with E-state index in [0.29, 0.717) is 18.9 Å². The van der Waals surface area contributed by atoms with Gasteiger partial charge in [-0.05, 0) is 50.6 Å². The predicted molar refractivity (Wildman–Crippen MR) is 103 cm³/mol. The van der Waals surface area contributed by atoms with Crippen LogP contribution in [0.15, 0.2) is 4.79 Å². The van der Waals surface area contributed by atoms with Gasteiger partial charge in [0.15, 0.2) is 0 Å². The van der Waals surface area contributed by atoms with Gasteiger partial charge in [-0.1, -0.05) is 20.3 Å². The van der Waals surface area contributed by atoms with Crippen molar-refractivity contribution in [1.29, 1.82) is 0 Å². The molecule has 0 saturated heterocycles. The van der Waals surface area contributed by atoms with Crippen LogP contribution in [-0.4, -0.2) is 39.2 Å². The maximum atomic E-state index is 12.6. The van der Waals surface area contributed by atoms with Crippen LogP contribution in [0.1, 0.15) is 62.2 Å². The van der Waals surface area contributed by atoms with Crippen molar-refractivity contribution in [3.05, 3.63) is 26.6 Å². The van der Waals surface area contributed by atoms with Crippen LogP contribution in [0.3, 0.4) is 0 Å². The van der Waals surface area contributed by atoms with Crippen molar-refractivity contribution in [3.8, 4) is 0 Å². The van der Waals surface area contributed by atoms with Crippen molar-refractivity contribution in [2.75, 3.05) is 13.1 Å². The molecular weight excluding hydrogens is 334 g/mol. The summed E-state index contributed by atoms with van der Waals surface area (Å²) in [6, 6.07) is 0. The van der Waals surface area contributed by atoms with E-state index in [2.05, 4.69) is 23.7 Å². The number of H-pyrrole nitrogens is 1. The predicted octanol–water partition coefficient (Wildman–Crippen LogP) is 3.24. The summed E-state index contributed by atoms with van der Waals surface area (Å²) >= 11 is 1.69. The van der Waals surface area contributed by atoms with Gasteiger partial charge < -0.3 is 10.1 Å². The highest BCUT2D eigenvalue weighted by molar-refractivity contribution is 7.18. The molecule has 6 heteroatoms. The summed E-state index contributed by atoms with van der Waals surface area (Å²) < 4.78 is 0. The minimum Gasteiger partial charge on any atom is -0.392 e. The first-order valence-electron chi connectivity index (χ1n) is 9.56. The fourth-order valence-corrected chi connectivity index (χ4v) is 5.05. The van der Waals surface area contributed by atoms with Gasteiger partial charge in [-0.2, -0.15) is 0 Å². The second-order valence-electron chi connectivity index (χ2n) is 7.08. The number of aliphatic hydroxyl groups excluding tert-OH is 1. The van der Waals surface area contributed by atoms with Crippen LogP contribution in [-0.2, 0) is 19.4 Å². The molecule has 1 atom stereocenters. The van der Waals surface area contributed by atoms with Gasteiger partial charge in [0.2, 0.25) is 0 Å². The Labute approximate surface area is 153 Å². The van der Waals surface area contributed by atoms with Crippen LogP contribution in [0, 0.1) is 0 Å². The molecule has 0 amide bonds. The van der Waals surface area contributed by atoms with E-state index in [9.17, 15) is 9.90 Å². The van der Waals surface area contributed by atoms with E-state index in [0.717, 1.165) is 48.9 Å². The second kappa shape index (κ2) is 8.43. The summed E-state index contributed by atoms with van der Waals surface area (Å²) in [7, 11) is 0. The van der Waals surface area contributed by atoms with Crippen LogP contribution in [0.25, 0.3) is 10.2 Å². The zero-order valence-electron chi connectivity index (χ0n) is 15.3. The summed E-state index contributed by atoms with van der Waals surface area (Å²) in [5.74, 6) is 0.716. The Hall–Kier alpha value is -1.24. The Morgan fingerprint density at radius 3 is 2.84 bits per heavy atom.